The van der Waals surface area contributed by atoms with Gasteiger partial charge in [-0.05, 0) is 55.2 Å². The summed E-state index contributed by atoms with van der Waals surface area (Å²) in [5.74, 6) is 2.66. The third-order valence-electron chi connectivity index (χ3n) is 6.08. The molecular formula is C21H27N3O2S. The van der Waals surface area contributed by atoms with Gasteiger partial charge in [0, 0.05) is 19.1 Å². The first kappa shape index (κ1) is 18.4. The Morgan fingerprint density at radius 1 is 1.41 bits per heavy atom. The SMILES string of the molecule is COc1cccc(-c2sc(C)nc2C(=O)N2C[C@@H]3CC(C)C[C@@H]3[C@H]2CN)c1. The molecule has 2 aliphatic rings. The molecule has 6 heteroatoms. The molecular weight excluding hydrogens is 358 g/mol. The lowest BCUT2D eigenvalue weighted by atomic mass is 9.94. The van der Waals surface area contributed by atoms with Crippen molar-refractivity contribution in [1.29, 1.82) is 0 Å². The van der Waals surface area contributed by atoms with E-state index in [1.807, 2.05) is 36.1 Å². The summed E-state index contributed by atoms with van der Waals surface area (Å²) in [5.41, 5.74) is 7.63. The van der Waals surface area contributed by atoms with Crippen molar-refractivity contribution in [2.45, 2.75) is 32.7 Å². The predicted octanol–water partition coefficient (Wildman–Crippen LogP) is 3.57. The van der Waals surface area contributed by atoms with Gasteiger partial charge < -0.3 is 15.4 Å². The molecule has 1 amide bonds. The molecule has 0 spiro atoms. The number of aryl methyl sites for hydroxylation is 1. The Kier molecular flexibility index (Phi) is 4.95. The third-order valence-corrected chi connectivity index (χ3v) is 7.10. The van der Waals surface area contributed by atoms with Gasteiger partial charge in [-0.1, -0.05) is 19.1 Å². The number of ether oxygens (including phenoxy) is 1. The number of amides is 1. The first-order valence-electron chi connectivity index (χ1n) is 9.64. The van der Waals surface area contributed by atoms with Gasteiger partial charge in [-0.3, -0.25) is 4.79 Å². The Morgan fingerprint density at radius 3 is 2.96 bits per heavy atom. The van der Waals surface area contributed by atoms with E-state index in [9.17, 15) is 4.79 Å². The molecule has 5 nitrogen and oxygen atoms in total. The van der Waals surface area contributed by atoms with Crippen molar-refractivity contribution in [1.82, 2.24) is 9.88 Å². The van der Waals surface area contributed by atoms with Crippen molar-refractivity contribution in [3.05, 3.63) is 35.0 Å². The van der Waals surface area contributed by atoms with Crippen LogP contribution in [-0.4, -0.2) is 42.0 Å². The number of carbonyl (C=O) groups is 1. The van der Waals surface area contributed by atoms with Crippen LogP contribution in [0.25, 0.3) is 10.4 Å². The Labute approximate surface area is 164 Å². The Bertz CT molecular complexity index is 850. The van der Waals surface area contributed by atoms with Gasteiger partial charge in [0.05, 0.1) is 17.0 Å². The first-order valence-corrected chi connectivity index (χ1v) is 10.5. The minimum atomic E-state index is 0.0228. The highest BCUT2D eigenvalue weighted by Gasteiger charge is 2.48. The summed E-state index contributed by atoms with van der Waals surface area (Å²) < 4.78 is 5.35. The minimum Gasteiger partial charge on any atom is -0.497 e. The number of aromatic nitrogens is 1. The maximum atomic E-state index is 13.5. The highest BCUT2D eigenvalue weighted by Crippen LogP contribution is 2.45. The molecule has 1 aromatic carbocycles. The second-order valence-corrected chi connectivity index (χ2v) is 9.11. The zero-order valence-electron chi connectivity index (χ0n) is 16.1. The lowest BCUT2D eigenvalue weighted by molar-refractivity contribution is 0.0710. The number of methoxy groups -OCH3 is 1. The minimum absolute atomic E-state index is 0.0228. The highest BCUT2D eigenvalue weighted by molar-refractivity contribution is 7.15. The van der Waals surface area contributed by atoms with Crippen LogP contribution in [0.2, 0.25) is 0 Å². The van der Waals surface area contributed by atoms with Crippen molar-refractivity contribution in [2.75, 3.05) is 20.2 Å². The van der Waals surface area contributed by atoms with E-state index < -0.39 is 0 Å². The summed E-state index contributed by atoms with van der Waals surface area (Å²) in [6, 6.07) is 7.96. The molecule has 1 aliphatic carbocycles. The van der Waals surface area contributed by atoms with Gasteiger partial charge >= 0.3 is 0 Å². The van der Waals surface area contributed by atoms with Crippen LogP contribution < -0.4 is 10.5 Å². The summed E-state index contributed by atoms with van der Waals surface area (Å²) >= 11 is 1.56. The summed E-state index contributed by atoms with van der Waals surface area (Å²) in [7, 11) is 1.65. The molecule has 2 fully saturated rings. The predicted molar refractivity (Wildman–Crippen MR) is 108 cm³/mol. The number of fused-ring (bicyclic) bond motifs is 1. The van der Waals surface area contributed by atoms with Crippen LogP contribution in [-0.2, 0) is 0 Å². The molecule has 1 saturated heterocycles. The number of hydrogen-bond acceptors (Lipinski definition) is 5. The molecule has 0 bridgehead atoms. The van der Waals surface area contributed by atoms with Crippen LogP contribution in [0.15, 0.2) is 24.3 Å². The van der Waals surface area contributed by atoms with Crippen molar-refractivity contribution >= 4 is 17.2 Å². The number of thiazole rings is 1. The summed E-state index contributed by atoms with van der Waals surface area (Å²) in [6.45, 7) is 5.59. The summed E-state index contributed by atoms with van der Waals surface area (Å²) in [5, 5.41) is 0.897. The molecule has 1 aromatic heterocycles. The fraction of sp³-hybridized carbons (Fsp3) is 0.524. The van der Waals surface area contributed by atoms with E-state index in [-0.39, 0.29) is 11.9 Å². The number of benzene rings is 1. The van der Waals surface area contributed by atoms with Gasteiger partial charge in [-0.25, -0.2) is 4.98 Å². The fourth-order valence-corrected chi connectivity index (χ4v) is 5.86. The van der Waals surface area contributed by atoms with E-state index in [4.69, 9.17) is 10.5 Å². The molecule has 144 valence electrons. The van der Waals surface area contributed by atoms with Crippen molar-refractivity contribution in [3.8, 4) is 16.2 Å². The second kappa shape index (κ2) is 7.24. The average Bonchev–Trinajstić information content (AvgIpc) is 3.32. The number of carbonyl (C=O) groups excluding carboxylic acids is 1. The molecule has 0 radical (unpaired) electrons. The summed E-state index contributed by atoms with van der Waals surface area (Å²) in [6.07, 6.45) is 2.37. The van der Waals surface area contributed by atoms with Gasteiger partial charge in [-0.2, -0.15) is 0 Å². The molecule has 1 saturated carbocycles. The van der Waals surface area contributed by atoms with Crippen LogP contribution >= 0.6 is 11.3 Å². The lowest BCUT2D eigenvalue weighted by Gasteiger charge is -2.27. The van der Waals surface area contributed by atoms with Gasteiger partial charge in [0.2, 0.25) is 0 Å². The van der Waals surface area contributed by atoms with Crippen molar-refractivity contribution in [2.24, 2.45) is 23.5 Å². The standard InChI is InChI=1S/C21H27N3O2S/c1-12-7-15-11-24(18(10-22)17(15)8-12)21(25)19-20(27-13(2)23-19)14-5-4-6-16(9-14)26-3/h4-6,9,12,15,17-18H,7-8,10-11,22H2,1-3H3/t12?,15-,17-,18+/m0/s1. The van der Waals surface area contributed by atoms with Crippen LogP contribution in [0.5, 0.6) is 5.75 Å². The molecule has 4 rings (SSSR count). The van der Waals surface area contributed by atoms with Crippen LogP contribution in [0.4, 0.5) is 0 Å². The fourth-order valence-electron chi connectivity index (χ4n) is 4.95. The maximum Gasteiger partial charge on any atom is 0.274 e. The average molecular weight is 386 g/mol. The molecule has 27 heavy (non-hydrogen) atoms. The number of rotatable bonds is 4. The van der Waals surface area contributed by atoms with Gasteiger partial charge in [0.25, 0.3) is 5.91 Å². The number of hydrogen-bond donors (Lipinski definition) is 1. The molecule has 4 atom stereocenters. The highest BCUT2D eigenvalue weighted by atomic mass is 32.1. The number of nitrogens with two attached hydrogens (primary N) is 1. The molecule has 2 heterocycles. The van der Waals surface area contributed by atoms with E-state index >= 15 is 0 Å². The normalized spacial score (nSPS) is 27.0. The Hall–Kier alpha value is -1.92. The summed E-state index contributed by atoms with van der Waals surface area (Å²) in [4.78, 5) is 21.0. The molecule has 2 aromatic rings. The number of likely N-dealkylation sites (tertiary alicyclic amines) is 1. The third kappa shape index (κ3) is 3.25. The zero-order valence-corrected chi connectivity index (χ0v) is 17.0. The van der Waals surface area contributed by atoms with Crippen molar-refractivity contribution < 1.29 is 9.53 Å². The largest absolute Gasteiger partial charge is 0.497 e. The zero-order chi connectivity index (χ0) is 19.1. The van der Waals surface area contributed by atoms with E-state index in [1.54, 1.807) is 18.4 Å². The van der Waals surface area contributed by atoms with Crippen molar-refractivity contribution in [3.63, 3.8) is 0 Å². The number of nitrogens with zero attached hydrogens (tertiary/aromatic N) is 2. The van der Waals surface area contributed by atoms with E-state index in [1.165, 1.54) is 12.8 Å². The van der Waals surface area contributed by atoms with Crippen LogP contribution in [0.1, 0.15) is 35.3 Å². The second-order valence-electron chi connectivity index (χ2n) is 7.90. The molecule has 2 N–H and O–H groups in total. The smallest absolute Gasteiger partial charge is 0.274 e. The van der Waals surface area contributed by atoms with E-state index in [0.29, 0.717) is 24.1 Å². The molecule has 1 aliphatic heterocycles. The quantitative estimate of drug-likeness (QED) is 0.874. The van der Waals surface area contributed by atoms with Gasteiger partial charge in [0.1, 0.15) is 11.4 Å². The Balaban J connectivity index is 1.67. The van der Waals surface area contributed by atoms with E-state index in [2.05, 4.69) is 11.9 Å². The molecule has 1 unspecified atom stereocenters. The van der Waals surface area contributed by atoms with Crippen LogP contribution in [0.3, 0.4) is 0 Å². The van der Waals surface area contributed by atoms with Gasteiger partial charge in [-0.15, -0.1) is 11.3 Å². The topological polar surface area (TPSA) is 68.5 Å². The first-order chi connectivity index (χ1) is 13.0. The van der Waals surface area contributed by atoms with E-state index in [0.717, 1.165) is 33.7 Å². The van der Waals surface area contributed by atoms with Gasteiger partial charge in [0.15, 0.2) is 0 Å². The Morgan fingerprint density at radius 2 is 2.22 bits per heavy atom. The van der Waals surface area contributed by atoms with Crippen LogP contribution in [0, 0.1) is 24.7 Å². The maximum absolute atomic E-state index is 13.5. The monoisotopic (exact) mass is 385 g/mol. The lowest BCUT2D eigenvalue weighted by Crippen LogP contribution is -2.43.